The van der Waals surface area contributed by atoms with Crippen LogP contribution in [0.25, 0.3) is 11.3 Å². The van der Waals surface area contributed by atoms with E-state index in [4.69, 9.17) is 22.1 Å². The maximum Gasteiger partial charge on any atom is 0.138 e. The maximum absolute atomic E-state index is 6.10. The third-order valence-electron chi connectivity index (χ3n) is 2.84. The van der Waals surface area contributed by atoms with Crippen LogP contribution >= 0.6 is 11.6 Å². The van der Waals surface area contributed by atoms with E-state index in [0.717, 1.165) is 17.0 Å². The van der Waals surface area contributed by atoms with Crippen molar-refractivity contribution < 1.29 is 4.74 Å². The lowest BCUT2D eigenvalue weighted by Gasteiger charge is -2.06. The number of halogens is 1. The van der Waals surface area contributed by atoms with Crippen LogP contribution in [0.4, 0.5) is 5.69 Å². The van der Waals surface area contributed by atoms with E-state index in [1.165, 1.54) is 0 Å². The smallest absolute Gasteiger partial charge is 0.138 e. The number of anilines is 1. The van der Waals surface area contributed by atoms with Gasteiger partial charge >= 0.3 is 0 Å². The number of ether oxygens (including phenoxy) is 1. The van der Waals surface area contributed by atoms with Crippen LogP contribution in [-0.2, 0) is 0 Å². The van der Waals surface area contributed by atoms with E-state index in [9.17, 15) is 0 Å². The van der Waals surface area contributed by atoms with Gasteiger partial charge in [-0.15, -0.1) is 0 Å². The SMILES string of the molecule is COc1cc(-c2n[nH]c(C(C)C)c2N)ccc1Cl. The summed E-state index contributed by atoms with van der Waals surface area (Å²) in [4.78, 5) is 0. The van der Waals surface area contributed by atoms with Crippen LogP contribution in [-0.4, -0.2) is 17.3 Å². The molecule has 0 aliphatic heterocycles. The predicted octanol–water partition coefficient (Wildman–Crippen LogP) is 3.44. The number of nitrogens with two attached hydrogens (primary N) is 1. The Morgan fingerprint density at radius 2 is 2.11 bits per heavy atom. The lowest BCUT2D eigenvalue weighted by Crippen LogP contribution is -1.95. The van der Waals surface area contributed by atoms with Crippen molar-refractivity contribution in [3.63, 3.8) is 0 Å². The summed E-state index contributed by atoms with van der Waals surface area (Å²) in [5.74, 6) is 0.920. The third-order valence-corrected chi connectivity index (χ3v) is 3.15. The minimum atomic E-state index is 0.306. The Balaban J connectivity index is 2.49. The summed E-state index contributed by atoms with van der Waals surface area (Å²) < 4.78 is 5.19. The van der Waals surface area contributed by atoms with Crippen molar-refractivity contribution in [3.8, 4) is 17.0 Å². The van der Waals surface area contributed by atoms with E-state index in [-0.39, 0.29) is 0 Å². The highest BCUT2D eigenvalue weighted by Crippen LogP contribution is 2.34. The molecule has 2 rings (SSSR count). The van der Waals surface area contributed by atoms with E-state index < -0.39 is 0 Å². The molecule has 18 heavy (non-hydrogen) atoms. The second-order valence-corrected chi connectivity index (χ2v) is 4.81. The first-order valence-corrected chi connectivity index (χ1v) is 6.10. The van der Waals surface area contributed by atoms with Crippen LogP contribution in [0.5, 0.6) is 5.75 Å². The van der Waals surface area contributed by atoms with Crippen molar-refractivity contribution in [3.05, 3.63) is 28.9 Å². The molecule has 0 saturated heterocycles. The van der Waals surface area contributed by atoms with Gasteiger partial charge in [0, 0.05) is 5.56 Å². The lowest BCUT2D eigenvalue weighted by atomic mass is 10.1. The summed E-state index contributed by atoms with van der Waals surface area (Å²) >= 11 is 5.99. The molecule has 1 aromatic carbocycles. The molecule has 1 aromatic heterocycles. The van der Waals surface area contributed by atoms with E-state index in [1.807, 2.05) is 12.1 Å². The first-order valence-electron chi connectivity index (χ1n) is 5.72. The summed E-state index contributed by atoms with van der Waals surface area (Å²) in [6.07, 6.45) is 0. The van der Waals surface area contributed by atoms with E-state index in [0.29, 0.717) is 22.4 Å². The van der Waals surface area contributed by atoms with Crippen molar-refractivity contribution in [2.45, 2.75) is 19.8 Å². The number of nitrogens with zero attached hydrogens (tertiary/aromatic N) is 1. The highest BCUT2D eigenvalue weighted by molar-refractivity contribution is 6.32. The molecule has 0 aliphatic carbocycles. The molecule has 5 heteroatoms. The minimum absolute atomic E-state index is 0.306. The van der Waals surface area contributed by atoms with Gasteiger partial charge in [-0.25, -0.2) is 0 Å². The molecule has 0 saturated carbocycles. The summed E-state index contributed by atoms with van der Waals surface area (Å²) in [6, 6.07) is 5.49. The molecule has 4 nitrogen and oxygen atoms in total. The van der Waals surface area contributed by atoms with Gasteiger partial charge in [-0.2, -0.15) is 5.10 Å². The van der Waals surface area contributed by atoms with Gasteiger partial charge in [0.05, 0.1) is 23.5 Å². The van der Waals surface area contributed by atoms with E-state index in [1.54, 1.807) is 13.2 Å². The van der Waals surface area contributed by atoms with Gasteiger partial charge in [0.25, 0.3) is 0 Å². The van der Waals surface area contributed by atoms with Crippen molar-refractivity contribution in [2.24, 2.45) is 0 Å². The molecular formula is C13H16ClN3O. The fraction of sp³-hybridized carbons (Fsp3) is 0.308. The topological polar surface area (TPSA) is 63.9 Å². The number of aromatic nitrogens is 2. The largest absolute Gasteiger partial charge is 0.495 e. The van der Waals surface area contributed by atoms with Crippen molar-refractivity contribution >= 4 is 17.3 Å². The second kappa shape index (κ2) is 4.90. The number of nitrogens with one attached hydrogen (secondary N) is 1. The van der Waals surface area contributed by atoms with Crippen LogP contribution in [0.15, 0.2) is 18.2 Å². The molecule has 0 unspecified atom stereocenters. The summed E-state index contributed by atoms with van der Waals surface area (Å²) in [7, 11) is 1.58. The normalized spacial score (nSPS) is 10.9. The first kappa shape index (κ1) is 12.8. The number of hydrogen-bond acceptors (Lipinski definition) is 3. The van der Waals surface area contributed by atoms with Gasteiger partial charge in [-0.1, -0.05) is 31.5 Å². The zero-order chi connectivity index (χ0) is 13.3. The summed E-state index contributed by atoms with van der Waals surface area (Å²) in [5.41, 5.74) is 9.33. The highest BCUT2D eigenvalue weighted by atomic mass is 35.5. The number of methoxy groups -OCH3 is 1. The Kier molecular flexibility index (Phi) is 3.48. The molecule has 0 atom stereocenters. The highest BCUT2D eigenvalue weighted by Gasteiger charge is 2.15. The van der Waals surface area contributed by atoms with Crippen LogP contribution < -0.4 is 10.5 Å². The molecule has 2 aromatic rings. The molecule has 1 heterocycles. The van der Waals surface area contributed by atoms with Gasteiger partial charge < -0.3 is 10.5 Å². The van der Waals surface area contributed by atoms with Crippen LogP contribution in [0.3, 0.4) is 0 Å². The molecule has 0 aliphatic rings. The zero-order valence-corrected chi connectivity index (χ0v) is 11.4. The quantitative estimate of drug-likeness (QED) is 0.893. The van der Waals surface area contributed by atoms with Gasteiger partial charge in [0.2, 0.25) is 0 Å². The Hall–Kier alpha value is -1.68. The second-order valence-electron chi connectivity index (χ2n) is 4.40. The first-order chi connectivity index (χ1) is 8.54. The van der Waals surface area contributed by atoms with Gasteiger partial charge in [0.1, 0.15) is 11.4 Å². The molecule has 3 N–H and O–H groups in total. The molecule has 0 amide bonds. The molecule has 96 valence electrons. The minimum Gasteiger partial charge on any atom is -0.495 e. The van der Waals surface area contributed by atoms with E-state index >= 15 is 0 Å². The predicted molar refractivity (Wildman–Crippen MR) is 74.1 cm³/mol. The fourth-order valence-electron chi connectivity index (χ4n) is 1.83. The number of aromatic amines is 1. The van der Waals surface area contributed by atoms with Crippen molar-refractivity contribution in [2.75, 3.05) is 12.8 Å². The number of H-pyrrole nitrogens is 1. The molecular weight excluding hydrogens is 250 g/mol. The monoisotopic (exact) mass is 265 g/mol. The van der Waals surface area contributed by atoms with Crippen molar-refractivity contribution in [1.82, 2.24) is 10.2 Å². The Morgan fingerprint density at radius 1 is 1.39 bits per heavy atom. The van der Waals surface area contributed by atoms with Gasteiger partial charge in [-0.05, 0) is 18.1 Å². The number of nitrogen functional groups attached to an aromatic ring is 1. The molecule has 0 radical (unpaired) electrons. The molecule has 0 fully saturated rings. The Morgan fingerprint density at radius 3 is 2.67 bits per heavy atom. The summed E-state index contributed by atoms with van der Waals surface area (Å²) in [6.45, 7) is 4.13. The van der Waals surface area contributed by atoms with Crippen LogP contribution in [0.1, 0.15) is 25.5 Å². The van der Waals surface area contributed by atoms with Crippen LogP contribution in [0, 0.1) is 0 Å². The summed E-state index contributed by atoms with van der Waals surface area (Å²) in [5, 5.41) is 7.81. The van der Waals surface area contributed by atoms with Gasteiger partial charge in [-0.3, -0.25) is 5.10 Å². The third kappa shape index (κ3) is 2.16. The molecule has 0 bridgehead atoms. The zero-order valence-electron chi connectivity index (χ0n) is 10.6. The fourth-order valence-corrected chi connectivity index (χ4v) is 2.03. The average molecular weight is 266 g/mol. The number of hydrogen-bond donors (Lipinski definition) is 2. The lowest BCUT2D eigenvalue weighted by molar-refractivity contribution is 0.415. The van der Waals surface area contributed by atoms with Crippen molar-refractivity contribution in [1.29, 1.82) is 0 Å². The molecule has 0 spiro atoms. The maximum atomic E-state index is 6.10. The average Bonchev–Trinajstić information content (AvgIpc) is 2.72. The van der Waals surface area contributed by atoms with Crippen LogP contribution in [0.2, 0.25) is 5.02 Å². The van der Waals surface area contributed by atoms with Gasteiger partial charge in [0.15, 0.2) is 0 Å². The number of rotatable bonds is 3. The standard InChI is InChI=1S/C13H16ClN3O/c1-7(2)12-11(15)13(17-16-12)8-4-5-9(14)10(6-8)18-3/h4-7H,15H2,1-3H3,(H,16,17). The Labute approximate surface area is 111 Å². The number of benzene rings is 1. The van der Waals surface area contributed by atoms with E-state index in [2.05, 4.69) is 24.0 Å². The Bertz CT molecular complexity index is 563.